The molecule has 1 unspecified atom stereocenters. The van der Waals surface area contributed by atoms with E-state index < -0.39 is 0 Å². The summed E-state index contributed by atoms with van der Waals surface area (Å²) in [6.45, 7) is 2.24. The fourth-order valence-electron chi connectivity index (χ4n) is 2.84. The van der Waals surface area contributed by atoms with Crippen LogP contribution in [-0.4, -0.2) is 6.29 Å². The highest BCUT2D eigenvalue weighted by Crippen LogP contribution is 2.25. The van der Waals surface area contributed by atoms with Crippen LogP contribution in [0.1, 0.15) is 34.3 Å². The lowest BCUT2D eigenvalue weighted by Gasteiger charge is -2.13. The predicted octanol–water partition coefficient (Wildman–Crippen LogP) is 5.51. The van der Waals surface area contributed by atoms with Crippen LogP contribution < -0.4 is 0 Å². The summed E-state index contributed by atoms with van der Waals surface area (Å²) < 4.78 is 0. The maximum atomic E-state index is 10.7. The van der Waals surface area contributed by atoms with E-state index in [9.17, 15) is 4.79 Å². The molecule has 0 radical (unpaired) electrons. The van der Waals surface area contributed by atoms with Gasteiger partial charge in [0.2, 0.25) is 0 Å². The van der Waals surface area contributed by atoms with Gasteiger partial charge in [-0.3, -0.25) is 4.79 Å². The van der Waals surface area contributed by atoms with Gasteiger partial charge in [0.05, 0.1) is 0 Å². The Hall–Kier alpha value is -2.67. The first-order valence-corrected chi connectivity index (χ1v) is 7.96. The van der Waals surface area contributed by atoms with E-state index in [0.29, 0.717) is 5.92 Å². The van der Waals surface area contributed by atoms with E-state index in [1.807, 2.05) is 30.3 Å². The number of aldehydes is 1. The molecular formula is C22H20O. The van der Waals surface area contributed by atoms with Gasteiger partial charge in [-0.2, -0.15) is 0 Å². The molecule has 0 fully saturated rings. The minimum atomic E-state index is 0.446. The van der Waals surface area contributed by atoms with Crippen LogP contribution in [0.15, 0.2) is 78.9 Å². The summed E-state index contributed by atoms with van der Waals surface area (Å²) in [6.07, 6.45) is 1.86. The van der Waals surface area contributed by atoms with Crippen molar-refractivity contribution < 1.29 is 4.79 Å². The van der Waals surface area contributed by atoms with Gasteiger partial charge in [-0.1, -0.05) is 85.8 Å². The molecule has 0 aromatic heterocycles. The second kappa shape index (κ2) is 7.06. The van der Waals surface area contributed by atoms with Crippen LogP contribution in [0.25, 0.3) is 11.1 Å². The van der Waals surface area contributed by atoms with Crippen LogP contribution in [0.4, 0.5) is 0 Å². The van der Waals surface area contributed by atoms with E-state index in [2.05, 4.69) is 55.5 Å². The second-order valence-corrected chi connectivity index (χ2v) is 5.95. The van der Waals surface area contributed by atoms with Crippen LogP contribution in [0.5, 0.6) is 0 Å². The molecule has 114 valence electrons. The van der Waals surface area contributed by atoms with Crippen molar-refractivity contribution in [2.75, 3.05) is 0 Å². The average Bonchev–Trinajstić information content (AvgIpc) is 2.63. The number of hydrogen-bond acceptors (Lipinski definition) is 1. The zero-order valence-electron chi connectivity index (χ0n) is 13.3. The molecule has 0 amide bonds. The lowest BCUT2D eigenvalue weighted by atomic mass is 9.92. The quantitative estimate of drug-likeness (QED) is 0.568. The third kappa shape index (κ3) is 3.75. The van der Waals surface area contributed by atoms with Gasteiger partial charge in [0.1, 0.15) is 6.29 Å². The number of carbonyl (C=O) groups is 1. The Bertz CT molecular complexity index is 755. The largest absolute Gasteiger partial charge is 0.298 e. The Morgan fingerprint density at radius 2 is 1.39 bits per heavy atom. The van der Waals surface area contributed by atoms with E-state index in [0.717, 1.165) is 18.3 Å². The minimum absolute atomic E-state index is 0.446. The summed E-state index contributed by atoms with van der Waals surface area (Å²) >= 11 is 0. The van der Waals surface area contributed by atoms with E-state index in [4.69, 9.17) is 0 Å². The normalized spacial score (nSPS) is 11.9. The average molecular weight is 300 g/mol. The smallest absolute Gasteiger partial charge is 0.150 e. The molecule has 23 heavy (non-hydrogen) atoms. The lowest BCUT2D eigenvalue weighted by Crippen LogP contribution is -1.98. The molecule has 0 aliphatic carbocycles. The first-order valence-electron chi connectivity index (χ1n) is 7.96. The molecule has 3 rings (SSSR count). The Labute approximate surface area is 137 Å². The highest BCUT2D eigenvalue weighted by atomic mass is 16.1. The molecule has 0 N–H and O–H groups in total. The SMILES string of the molecule is CC(Cc1ccc(C=O)cc1)c1ccc(-c2ccccc2)cc1. The van der Waals surface area contributed by atoms with Gasteiger partial charge in [-0.15, -0.1) is 0 Å². The van der Waals surface area contributed by atoms with Crippen LogP contribution >= 0.6 is 0 Å². The highest BCUT2D eigenvalue weighted by molar-refractivity contribution is 5.74. The van der Waals surface area contributed by atoms with Crippen LogP contribution in [-0.2, 0) is 6.42 Å². The molecule has 0 saturated carbocycles. The monoisotopic (exact) mass is 300 g/mol. The molecule has 0 heterocycles. The third-order valence-electron chi connectivity index (χ3n) is 4.24. The zero-order chi connectivity index (χ0) is 16.1. The molecule has 0 spiro atoms. The number of rotatable bonds is 5. The molecule has 3 aromatic carbocycles. The maximum absolute atomic E-state index is 10.7. The molecule has 0 aliphatic heterocycles. The van der Waals surface area contributed by atoms with E-state index in [1.54, 1.807) is 0 Å². The molecule has 1 heteroatoms. The summed E-state index contributed by atoms with van der Waals surface area (Å²) in [4.78, 5) is 10.7. The van der Waals surface area contributed by atoms with Crippen LogP contribution in [0, 0.1) is 0 Å². The molecular weight excluding hydrogens is 280 g/mol. The minimum Gasteiger partial charge on any atom is -0.298 e. The molecule has 0 aliphatic rings. The predicted molar refractivity (Wildman–Crippen MR) is 95.8 cm³/mol. The van der Waals surface area contributed by atoms with E-state index in [-0.39, 0.29) is 0 Å². The Morgan fingerprint density at radius 1 is 0.783 bits per heavy atom. The van der Waals surface area contributed by atoms with Crippen LogP contribution in [0.3, 0.4) is 0 Å². The Kier molecular flexibility index (Phi) is 4.68. The number of hydrogen-bond donors (Lipinski definition) is 0. The van der Waals surface area contributed by atoms with Gasteiger partial charge in [0, 0.05) is 5.56 Å². The van der Waals surface area contributed by atoms with Gasteiger partial charge in [-0.05, 0) is 34.6 Å². The van der Waals surface area contributed by atoms with Crippen molar-refractivity contribution in [1.29, 1.82) is 0 Å². The maximum Gasteiger partial charge on any atom is 0.150 e. The van der Waals surface area contributed by atoms with Crippen molar-refractivity contribution >= 4 is 6.29 Å². The van der Waals surface area contributed by atoms with Crippen LogP contribution in [0.2, 0.25) is 0 Å². The third-order valence-corrected chi connectivity index (χ3v) is 4.24. The van der Waals surface area contributed by atoms with Crippen molar-refractivity contribution in [2.24, 2.45) is 0 Å². The number of benzene rings is 3. The number of carbonyl (C=O) groups excluding carboxylic acids is 1. The standard InChI is InChI=1S/C22H20O/c1-17(15-18-7-9-19(16-23)10-8-18)20-11-13-22(14-12-20)21-5-3-2-4-6-21/h2-14,16-17H,15H2,1H3. The molecule has 0 saturated heterocycles. The Balaban J connectivity index is 1.72. The molecule has 0 bridgehead atoms. The van der Waals surface area contributed by atoms with Gasteiger partial charge in [0.25, 0.3) is 0 Å². The van der Waals surface area contributed by atoms with Crippen molar-refractivity contribution in [1.82, 2.24) is 0 Å². The van der Waals surface area contributed by atoms with E-state index >= 15 is 0 Å². The first-order chi connectivity index (χ1) is 11.3. The summed E-state index contributed by atoms with van der Waals surface area (Å²) in [5.74, 6) is 0.446. The summed E-state index contributed by atoms with van der Waals surface area (Å²) in [7, 11) is 0. The fourth-order valence-corrected chi connectivity index (χ4v) is 2.84. The molecule has 1 nitrogen and oxygen atoms in total. The summed E-state index contributed by atoms with van der Waals surface area (Å²) in [5.41, 5.74) is 5.82. The van der Waals surface area contributed by atoms with Gasteiger partial charge >= 0.3 is 0 Å². The van der Waals surface area contributed by atoms with Gasteiger partial charge in [-0.25, -0.2) is 0 Å². The lowest BCUT2D eigenvalue weighted by molar-refractivity contribution is 0.112. The first kappa shape index (κ1) is 15.2. The summed E-state index contributed by atoms with van der Waals surface area (Å²) in [5, 5.41) is 0. The van der Waals surface area contributed by atoms with Crippen molar-refractivity contribution in [3.05, 3.63) is 95.6 Å². The topological polar surface area (TPSA) is 17.1 Å². The van der Waals surface area contributed by atoms with Gasteiger partial charge in [0.15, 0.2) is 0 Å². The van der Waals surface area contributed by atoms with Gasteiger partial charge < -0.3 is 0 Å². The molecule has 1 atom stereocenters. The fraction of sp³-hybridized carbons (Fsp3) is 0.136. The highest BCUT2D eigenvalue weighted by Gasteiger charge is 2.07. The zero-order valence-corrected chi connectivity index (χ0v) is 13.3. The van der Waals surface area contributed by atoms with Crippen molar-refractivity contribution in [2.45, 2.75) is 19.3 Å². The van der Waals surface area contributed by atoms with Crippen molar-refractivity contribution in [3.63, 3.8) is 0 Å². The van der Waals surface area contributed by atoms with Crippen molar-refractivity contribution in [3.8, 4) is 11.1 Å². The molecule has 3 aromatic rings. The van der Waals surface area contributed by atoms with E-state index in [1.165, 1.54) is 22.3 Å². The Morgan fingerprint density at radius 3 is 2.00 bits per heavy atom. The summed E-state index contributed by atoms with van der Waals surface area (Å²) in [6, 6.07) is 27.1. The second-order valence-electron chi connectivity index (χ2n) is 5.95.